The third kappa shape index (κ3) is 3.26. The Morgan fingerprint density at radius 1 is 1.48 bits per heavy atom. The van der Waals surface area contributed by atoms with Gasteiger partial charge in [0.05, 0.1) is 17.6 Å². The Morgan fingerprint density at radius 3 is 3.05 bits per heavy atom. The van der Waals surface area contributed by atoms with Crippen LogP contribution in [-0.4, -0.2) is 38.2 Å². The summed E-state index contributed by atoms with van der Waals surface area (Å²) in [5, 5.41) is 0.109. The summed E-state index contributed by atoms with van der Waals surface area (Å²) in [5.41, 5.74) is 1.91. The highest BCUT2D eigenvalue weighted by atomic mass is 32.2. The van der Waals surface area contributed by atoms with Gasteiger partial charge in [0.15, 0.2) is 5.12 Å². The van der Waals surface area contributed by atoms with Crippen molar-refractivity contribution in [1.29, 1.82) is 0 Å². The second-order valence-corrected chi connectivity index (χ2v) is 6.54. The van der Waals surface area contributed by atoms with E-state index in [2.05, 4.69) is 9.97 Å². The lowest BCUT2D eigenvalue weighted by molar-refractivity contribution is -0.128. The highest BCUT2D eigenvalue weighted by Gasteiger charge is 2.30. The molecule has 110 valence electrons. The molecule has 0 radical (unpaired) electrons. The van der Waals surface area contributed by atoms with E-state index in [-0.39, 0.29) is 16.9 Å². The zero-order valence-electron chi connectivity index (χ0n) is 11.8. The Labute approximate surface area is 127 Å². The van der Waals surface area contributed by atoms with Gasteiger partial charge in [-0.15, -0.1) is 0 Å². The first-order chi connectivity index (χ1) is 10.1. The number of hydrogen-bond donors (Lipinski definition) is 1. The number of thioether (sulfide) groups is 1. The Kier molecular flexibility index (Phi) is 3.96. The first kappa shape index (κ1) is 14.1. The molecule has 1 aromatic heterocycles. The van der Waals surface area contributed by atoms with Crippen molar-refractivity contribution >= 4 is 33.8 Å². The summed E-state index contributed by atoms with van der Waals surface area (Å²) < 4.78 is 0. The summed E-state index contributed by atoms with van der Waals surface area (Å²) >= 11 is 1.30. The Morgan fingerprint density at radius 2 is 2.29 bits per heavy atom. The van der Waals surface area contributed by atoms with E-state index in [9.17, 15) is 9.59 Å². The van der Waals surface area contributed by atoms with Crippen LogP contribution in [-0.2, 0) is 16.1 Å². The molecule has 1 unspecified atom stereocenters. The number of nitrogens with zero attached hydrogens (tertiary/aromatic N) is 2. The normalized spacial score (nSPS) is 18.6. The number of fused-ring (bicyclic) bond motifs is 1. The van der Waals surface area contributed by atoms with Crippen LogP contribution in [0.2, 0.25) is 0 Å². The number of hydrogen-bond acceptors (Lipinski definition) is 4. The number of benzene rings is 1. The van der Waals surface area contributed by atoms with Crippen molar-refractivity contribution in [3.05, 3.63) is 30.1 Å². The summed E-state index contributed by atoms with van der Waals surface area (Å²) in [6.07, 6.45) is 0.528. The Bertz CT molecular complexity index is 649. The van der Waals surface area contributed by atoms with Gasteiger partial charge in [-0.2, -0.15) is 0 Å². The number of para-hydroxylation sites is 2. The molecule has 1 fully saturated rings. The lowest BCUT2D eigenvalue weighted by Crippen LogP contribution is -2.25. The van der Waals surface area contributed by atoms with E-state index < -0.39 is 0 Å². The van der Waals surface area contributed by atoms with Gasteiger partial charge in [0.1, 0.15) is 5.82 Å². The minimum Gasteiger partial charge on any atom is -0.340 e. The summed E-state index contributed by atoms with van der Waals surface area (Å²) in [6.45, 7) is 2.78. The van der Waals surface area contributed by atoms with E-state index in [1.54, 1.807) is 6.92 Å². The lowest BCUT2D eigenvalue weighted by atomic mass is 10.1. The molecule has 2 heterocycles. The molecule has 6 heteroatoms. The van der Waals surface area contributed by atoms with Gasteiger partial charge in [-0.05, 0) is 18.1 Å². The number of likely N-dealkylation sites (tertiary alicyclic amines) is 1. The molecule has 0 saturated carbocycles. The first-order valence-electron chi connectivity index (χ1n) is 6.96. The highest BCUT2D eigenvalue weighted by Crippen LogP contribution is 2.23. The number of imidazole rings is 1. The largest absolute Gasteiger partial charge is 0.340 e. The molecule has 1 aromatic carbocycles. The average Bonchev–Trinajstić information content (AvgIpc) is 3.00. The second-order valence-electron chi connectivity index (χ2n) is 5.35. The predicted octanol–water partition coefficient (Wildman–Crippen LogP) is 2.19. The third-order valence-electron chi connectivity index (χ3n) is 3.60. The number of rotatable bonds is 4. The molecule has 0 aliphatic carbocycles. The maximum atomic E-state index is 12.0. The van der Waals surface area contributed by atoms with E-state index in [4.69, 9.17) is 0 Å². The molecule has 1 amide bonds. The van der Waals surface area contributed by atoms with Crippen molar-refractivity contribution in [3.8, 4) is 0 Å². The number of carbonyl (C=O) groups excluding carboxylic acids is 2. The fourth-order valence-electron chi connectivity index (χ4n) is 2.61. The van der Waals surface area contributed by atoms with Crippen molar-refractivity contribution in [2.24, 2.45) is 5.92 Å². The standard InChI is InChI=1S/C15H17N3O2S/c1-10(19)21-9-11-6-15(20)18(7-11)8-14-16-12-4-2-3-5-13(12)17-14/h2-5,11H,6-9H2,1H3,(H,16,17). The minimum atomic E-state index is 0.109. The van der Waals surface area contributed by atoms with Crippen LogP contribution in [0.3, 0.4) is 0 Å². The predicted molar refractivity (Wildman–Crippen MR) is 82.8 cm³/mol. The van der Waals surface area contributed by atoms with Crippen LogP contribution in [0, 0.1) is 5.92 Å². The summed E-state index contributed by atoms with van der Waals surface area (Å²) in [5.74, 6) is 1.93. The van der Waals surface area contributed by atoms with Gasteiger partial charge in [0, 0.05) is 25.6 Å². The molecular formula is C15H17N3O2S. The summed E-state index contributed by atoms with van der Waals surface area (Å²) in [4.78, 5) is 32.6. The third-order valence-corrected chi connectivity index (χ3v) is 4.64. The molecule has 5 nitrogen and oxygen atoms in total. The van der Waals surface area contributed by atoms with Gasteiger partial charge in [-0.1, -0.05) is 23.9 Å². The molecule has 1 aliphatic rings. The zero-order chi connectivity index (χ0) is 14.8. The fraction of sp³-hybridized carbons (Fsp3) is 0.400. The zero-order valence-corrected chi connectivity index (χ0v) is 12.7. The van der Waals surface area contributed by atoms with Crippen molar-refractivity contribution in [2.75, 3.05) is 12.3 Å². The number of H-pyrrole nitrogens is 1. The Balaban J connectivity index is 1.64. The number of nitrogens with one attached hydrogen (secondary N) is 1. The average molecular weight is 303 g/mol. The second kappa shape index (κ2) is 5.89. The Hall–Kier alpha value is -1.82. The van der Waals surface area contributed by atoms with Gasteiger partial charge >= 0.3 is 0 Å². The highest BCUT2D eigenvalue weighted by molar-refractivity contribution is 8.13. The molecule has 0 spiro atoms. The van der Waals surface area contributed by atoms with Gasteiger partial charge < -0.3 is 9.88 Å². The van der Waals surface area contributed by atoms with E-state index in [0.29, 0.717) is 19.5 Å². The topological polar surface area (TPSA) is 66.1 Å². The molecule has 1 atom stereocenters. The van der Waals surface area contributed by atoms with Crippen molar-refractivity contribution in [1.82, 2.24) is 14.9 Å². The lowest BCUT2D eigenvalue weighted by Gasteiger charge is -2.14. The van der Waals surface area contributed by atoms with Crippen LogP contribution in [0.4, 0.5) is 0 Å². The van der Waals surface area contributed by atoms with Crippen molar-refractivity contribution in [3.63, 3.8) is 0 Å². The van der Waals surface area contributed by atoms with E-state index in [0.717, 1.165) is 22.6 Å². The molecule has 0 bridgehead atoms. The maximum Gasteiger partial charge on any atom is 0.223 e. The van der Waals surface area contributed by atoms with Crippen LogP contribution in [0.5, 0.6) is 0 Å². The molecule has 21 heavy (non-hydrogen) atoms. The molecule has 3 rings (SSSR count). The quantitative estimate of drug-likeness (QED) is 0.940. The summed E-state index contributed by atoms with van der Waals surface area (Å²) in [7, 11) is 0. The van der Waals surface area contributed by atoms with Crippen LogP contribution in [0.25, 0.3) is 11.0 Å². The first-order valence-corrected chi connectivity index (χ1v) is 7.95. The summed E-state index contributed by atoms with van der Waals surface area (Å²) in [6, 6.07) is 7.83. The van der Waals surface area contributed by atoms with Crippen LogP contribution in [0.1, 0.15) is 19.2 Å². The number of aromatic amines is 1. The maximum absolute atomic E-state index is 12.0. The van der Waals surface area contributed by atoms with Crippen molar-refractivity contribution < 1.29 is 9.59 Å². The number of amides is 1. The number of aromatic nitrogens is 2. The molecule has 1 saturated heterocycles. The van der Waals surface area contributed by atoms with Crippen LogP contribution < -0.4 is 0 Å². The van der Waals surface area contributed by atoms with Gasteiger partial charge in [-0.3, -0.25) is 9.59 Å². The van der Waals surface area contributed by atoms with Gasteiger partial charge in [-0.25, -0.2) is 4.98 Å². The SMILES string of the molecule is CC(=O)SCC1CC(=O)N(Cc2nc3ccccc3[nH]2)C1. The van der Waals surface area contributed by atoms with Crippen molar-refractivity contribution in [2.45, 2.75) is 19.9 Å². The molecule has 1 N–H and O–H groups in total. The van der Waals surface area contributed by atoms with Crippen LogP contribution >= 0.6 is 11.8 Å². The monoisotopic (exact) mass is 303 g/mol. The fourth-order valence-corrected chi connectivity index (χ4v) is 3.31. The molecule has 2 aromatic rings. The molecular weight excluding hydrogens is 286 g/mol. The smallest absolute Gasteiger partial charge is 0.223 e. The van der Waals surface area contributed by atoms with Crippen LogP contribution in [0.15, 0.2) is 24.3 Å². The van der Waals surface area contributed by atoms with Gasteiger partial charge in [0.25, 0.3) is 0 Å². The van der Waals surface area contributed by atoms with E-state index >= 15 is 0 Å². The van der Waals surface area contributed by atoms with E-state index in [1.165, 1.54) is 11.8 Å². The number of carbonyl (C=O) groups is 2. The minimum absolute atomic E-state index is 0.109. The van der Waals surface area contributed by atoms with E-state index in [1.807, 2.05) is 29.2 Å². The van der Waals surface area contributed by atoms with Gasteiger partial charge in [0.2, 0.25) is 5.91 Å². The molecule has 1 aliphatic heterocycles.